The first-order chi connectivity index (χ1) is 9.20. The minimum absolute atomic E-state index is 0.432. The Hall–Kier alpha value is -0.830. The molecule has 0 radical (unpaired) electrons. The van der Waals surface area contributed by atoms with Gasteiger partial charge in [-0.3, -0.25) is 5.10 Å². The summed E-state index contributed by atoms with van der Waals surface area (Å²) in [5.74, 6) is 2.99. The first-order valence-electron chi connectivity index (χ1n) is 7.89. The molecular formula is C16H25N3. The maximum atomic E-state index is 4.76. The van der Waals surface area contributed by atoms with Gasteiger partial charge in [-0.2, -0.15) is 5.10 Å². The van der Waals surface area contributed by atoms with Crippen molar-refractivity contribution in [2.75, 3.05) is 7.05 Å². The molecule has 0 spiro atoms. The molecule has 2 N–H and O–H groups in total. The van der Waals surface area contributed by atoms with E-state index in [0.717, 1.165) is 24.3 Å². The van der Waals surface area contributed by atoms with E-state index in [9.17, 15) is 0 Å². The van der Waals surface area contributed by atoms with Crippen LogP contribution in [0.2, 0.25) is 0 Å². The summed E-state index contributed by atoms with van der Waals surface area (Å²) < 4.78 is 0. The zero-order chi connectivity index (χ0) is 13.0. The number of H-pyrrole nitrogens is 1. The topological polar surface area (TPSA) is 40.7 Å². The molecular weight excluding hydrogens is 234 g/mol. The van der Waals surface area contributed by atoms with Gasteiger partial charge in [-0.15, -0.1) is 0 Å². The van der Waals surface area contributed by atoms with Crippen molar-refractivity contribution < 1.29 is 0 Å². The number of rotatable bonds is 3. The van der Waals surface area contributed by atoms with Crippen molar-refractivity contribution in [1.29, 1.82) is 0 Å². The summed E-state index contributed by atoms with van der Waals surface area (Å²) in [6, 6.07) is 0. The molecule has 0 saturated heterocycles. The molecule has 104 valence electrons. The van der Waals surface area contributed by atoms with E-state index in [4.69, 9.17) is 5.10 Å². The molecule has 1 heterocycles. The van der Waals surface area contributed by atoms with Gasteiger partial charge in [0.15, 0.2) is 0 Å². The van der Waals surface area contributed by atoms with Crippen LogP contribution in [-0.2, 0) is 12.0 Å². The summed E-state index contributed by atoms with van der Waals surface area (Å²) in [6.07, 6.45) is 8.74. The zero-order valence-corrected chi connectivity index (χ0v) is 12.1. The molecule has 0 amide bonds. The molecule has 0 aromatic carbocycles. The first-order valence-corrected chi connectivity index (χ1v) is 7.89. The van der Waals surface area contributed by atoms with Gasteiger partial charge < -0.3 is 5.32 Å². The van der Waals surface area contributed by atoms with Crippen LogP contribution in [0.25, 0.3) is 0 Å². The quantitative estimate of drug-likeness (QED) is 0.876. The Morgan fingerprint density at radius 1 is 1.16 bits per heavy atom. The van der Waals surface area contributed by atoms with E-state index >= 15 is 0 Å². The highest BCUT2D eigenvalue weighted by molar-refractivity contribution is 5.33. The Morgan fingerprint density at radius 2 is 1.74 bits per heavy atom. The average molecular weight is 259 g/mol. The third-order valence-electron chi connectivity index (χ3n) is 6.00. The second kappa shape index (κ2) is 4.08. The van der Waals surface area contributed by atoms with Gasteiger partial charge in [0.05, 0.1) is 11.4 Å². The number of aromatic amines is 1. The molecule has 3 heteroatoms. The molecule has 19 heavy (non-hydrogen) atoms. The van der Waals surface area contributed by atoms with E-state index in [0.29, 0.717) is 5.41 Å². The van der Waals surface area contributed by atoms with Gasteiger partial charge in [0.2, 0.25) is 0 Å². The van der Waals surface area contributed by atoms with Crippen molar-refractivity contribution in [2.24, 2.45) is 17.8 Å². The van der Waals surface area contributed by atoms with Crippen LogP contribution in [0.4, 0.5) is 0 Å². The molecule has 1 aromatic rings. The third kappa shape index (κ3) is 1.70. The van der Waals surface area contributed by atoms with Crippen LogP contribution in [0.3, 0.4) is 0 Å². The summed E-state index contributed by atoms with van der Waals surface area (Å²) in [5.41, 5.74) is 4.56. The number of nitrogens with one attached hydrogen (secondary N) is 2. The van der Waals surface area contributed by atoms with Crippen molar-refractivity contribution in [3.63, 3.8) is 0 Å². The van der Waals surface area contributed by atoms with Gasteiger partial charge in [0.25, 0.3) is 0 Å². The highest BCUT2D eigenvalue weighted by atomic mass is 15.1. The Bertz CT molecular complexity index is 453. The van der Waals surface area contributed by atoms with E-state index < -0.39 is 0 Å². The minimum atomic E-state index is 0.432. The molecule has 4 aliphatic carbocycles. The summed E-state index contributed by atoms with van der Waals surface area (Å²) in [6.45, 7) is 3.18. The normalized spacial score (nSPS) is 40.0. The monoisotopic (exact) mass is 259 g/mol. The largest absolute Gasteiger partial charge is 0.314 e. The summed E-state index contributed by atoms with van der Waals surface area (Å²) in [4.78, 5) is 0. The summed E-state index contributed by atoms with van der Waals surface area (Å²) >= 11 is 0. The van der Waals surface area contributed by atoms with Crippen molar-refractivity contribution in [3.05, 3.63) is 17.0 Å². The Kier molecular flexibility index (Phi) is 2.57. The summed E-state index contributed by atoms with van der Waals surface area (Å²) in [5, 5.41) is 11.3. The van der Waals surface area contributed by atoms with Crippen LogP contribution in [0.5, 0.6) is 0 Å². The fourth-order valence-corrected chi connectivity index (χ4v) is 5.70. The van der Waals surface area contributed by atoms with Crippen molar-refractivity contribution in [3.8, 4) is 0 Å². The fraction of sp³-hybridized carbons (Fsp3) is 0.812. The molecule has 4 aliphatic rings. The maximum absolute atomic E-state index is 4.76. The lowest BCUT2D eigenvalue weighted by molar-refractivity contribution is -0.00749. The molecule has 4 saturated carbocycles. The lowest BCUT2D eigenvalue weighted by atomic mass is 9.48. The van der Waals surface area contributed by atoms with Crippen LogP contribution in [0.15, 0.2) is 0 Å². The van der Waals surface area contributed by atoms with Gasteiger partial charge in [-0.25, -0.2) is 0 Å². The first kappa shape index (κ1) is 12.0. The van der Waals surface area contributed by atoms with Gasteiger partial charge in [-0.1, -0.05) is 0 Å². The van der Waals surface area contributed by atoms with E-state index in [1.54, 1.807) is 0 Å². The van der Waals surface area contributed by atoms with Crippen LogP contribution >= 0.6 is 0 Å². The third-order valence-corrected chi connectivity index (χ3v) is 6.00. The second-order valence-electron chi connectivity index (χ2n) is 7.40. The van der Waals surface area contributed by atoms with Crippen LogP contribution in [0.1, 0.15) is 55.5 Å². The predicted octanol–water partition coefficient (Wildman–Crippen LogP) is 2.91. The van der Waals surface area contributed by atoms with Crippen LogP contribution in [-0.4, -0.2) is 17.2 Å². The molecule has 4 fully saturated rings. The van der Waals surface area contributed by atoms with E-state index in [-0.39, 0.29) is 0 Å². The minimum Gasteiger partial charge on any atom is -0.314 e. The van der Waals surface area contributed by atoms with E-state index in [1.165, 1.54) is 55.5 Å². The van der Waals surface area contributed by atoms with Crippen LogP contribution < -0.4 is 5.32 Å². The molecule has 5 rings (SSSR count). The standard InChI is InChI=1S/C16H25N3/c1-10-14(9-17-2)18-19-15(10)16-6-11-3-12(7-16)5-13(4-11)8-16/h11-13,17H,3-9H2,1-2H3,(H,18,19). The van der Waals surface area contributed by atoms with Gasteiger partial charge in [0, 0.05) is 12.0 Å². The smallest absolute Gasteiger partial charge is 0.0716 e. The Balaban J connectivity index is 1.71. The molecule has 0 aliphatic heterocycles. The number of nitrogens with zero attached hydrogens (tertiary/aromatic N) is 1. The van der Waals surface area contributed by atoms with Gasteiger partial charge >= 0.3 is 0 Å². The number of aromatic nitrogens is 2. The van der Waals surface area contributed by atoms with Crippen molar-refractivity contribution >= 4 is 0 Å². The van der Waals surface area contributed by atoms with E-state index in [1.807, 2.05) is 7.05 Å². The Morgan fingerprint density at radius 3 is 2.26 bits per heavy atom. The molecule has 1 aromatic heterocycles. The molecule has 3 nitrogen and oxygen atoms in total. The fourth-order valence-electron chi connectivity index (χ4n) is 5.70. The van der Waals surface area contributed by atoms with Crippen LogP contribution in [0, 0.1) is 24.7 Å². The SMILES string of the molecule is CNCc1[nH]nc(C23CC4CC(CC(C4)C2)C3)c1C. The van der Waals surface area contributed by atoms with Crippen molar-refractivity contribution in [2.45, 2.75) is 57.4 Å². The number of hydrogen-bond donors (Lipinski definition) is 2. The maximum Gasteiger partial charge on any atom is 0.0716 e. The predicted molar refractivity (Wildman–Crippen MR) is 75.9 cm³/mol. The van der Waals surface area contributed by atoms with Crippen molar-refractivity contribution in [1.82, 2.24) is 15.5 Å². The number of hydrogen-bond acceptors (Lipinski definition) is 2. The highest BCUT2D eigenvalue weighted by Gasteiger charge is 2.53. The van der Waals surface area contributed by atoms with E-state index in [2.05, 4.69) is 17.3 Å². The molecule has 0 unspecified atom stereocenters. The lowest BCUT2D eigenvalue weighted by Gasteiger charge is -2.56. The van der Waals surface area contributed by atoms with Gasteiger partial charge in [-0.05, 0) is 75.8 Å². The average Bonchev–Trinajstić information content (AvgIpc) is 2.70. The molecule has 4 bridgehead atoms. The zero-order valence-electron chi connectivity index (χ0n) is 12.1. The Labute approximate surface area is 115 Å². The van der Waals surface area contributed by atoms with Gasteiger partial charge in [0.1, 0.15) is 0 Å². The lowest BCUT2D eigenvalue weighted by Crippen LogP contribution is -2.49. The second-order valence-corrected chi connectivity index (χ2v) is 7.40. The molecule has 0 atom stereocenters. The highest BCUT2D eigenvalue weighted by Crippen LogP contribution is 2.60. The summed E-state index contributed by atoms with van der Waals surface area (Å²) in [7, 11) is 2.00.